The van der Waals surface area contributed by atoms with Gasteiger partial charge in [0.25, 0.3) is 0 Å². The highest BCUT2D eigenvalue weighted by molar-refractivity contribution is 5.47. The van der Waals surface area contributed by atoms with E-state index in [1.165, 1.54) is 27.8 Å². The van der Waals surface area contributed by atoms with Crippen LogP contribution in [0.3, 0.4) is 0 Å². The molecule has 0 unspecified atom stereocenters. The van der Waals surface area contributed by atoms with Crippen molar-refractivity contribution in [3.63, 3.8) is 0 Å². The van der Waals surface area contributed by atoms with Gasteiger partial charge in [0.1, 0.15) is 5.67 Å². The fraction of sp³-hybridized carbons (Fsp3) is 0.357. The topological polar surface area (TPSA) is 0 Å². The third-order valence-electron chi connectivity index (χ3n) is 6.17. The van der Waals surface area contributed by atoms with Gasteiger partial charge in [0.05, 0.1) is 0 Å². The Morgan fingerprint density at radius 1 is 0.759 bits per heavy atom. The summed E-state index contributed by atoms with van der Waals surface area (Å²) in [5.74, 6) is 0. The first-order valence-electron chi connectivity index (χ1n) is 10.6. The summed E-state index contributed by atoms with van der Waals surface area (Å²) < 4.78 is 14.9. The van der Waals surface area contributed by atoms with E-state index in [2.05, 4.69) is 88.4 Å². The third-order valence-corrected chi connectivity index (χ3v) is 6.17. The molecule has 0 spiro atoms. The molecule has 3 rings (SSSR count). The third kappa shape index (κ3) is 4.61. The number of rotatable bonds is 6. The zero-order chi connectivity index (χ0) is 21.2. The summed E-state index contributed by atoms with van der Waals surface area (Å²) in [6, 6.07) is 23.7. The van der Waals surface area contributed by atoms with E-state index >= 15 is 0 Å². The zero-order valence-electron chi connectivity index (χ0n) is 18.6. The summed E-state index contributed by atoms with van der Waals surface area (Å²) in [5, 5.41) is 0. The number of alkyl halides is 1. The molecule has 3 aromatic rings. The Hall–Kier alpha value is -2.41. The predicted octanol–water partition coefficient (Wildman–Crippen LogP) is 7.62. The summed E-state index contributed by atoms with van der Waals surface area (Å²) >= 11 is 0. The van der Waals surface area contributed by atoms with E-state index in [-0.39, 0.29) is 5.41 Å². The van der Waals surface area contributed by atoms with Crippen LogP contribution in [0.1, 0.15) is 66.6 Å². The predicted molar refractivity (Wildman–Crippen MR) is 122 cm³/mol. The zero-order valence-corrected chi connectivity index (χ0v) is 18.6. The minimum atomic E-state index is -1.36. The Bertz CT molecular complexity index is 979. The summed E-state index contributed by atoms with van der Waals surface area (Å²) in [6.45, 7) is 12.0. The number of hydrogen-bond donors (Lipinski definition) is 0. The largest absolute Gasteiger partial charge is 0.239 e. The van der Waals surface area contributed by atoms with Crippen LogP contribution in [0.5, 0.6) is 0 Å². The first-order valence-corrected chi connectivity index (χ1v) is 10.6. The van der Waals surface area contributed by atoms with Crippen molar-refractivity contribution >= 4 is 0 Å². The average molecular weight is 389 g/mol. The molecule has 0 aliphatic heterocycles. The van der Waals surface area contributed by atoms with E-state index in [4.69, 9.17) is 0 Å². The molecule has 3 aromatic carbocycles. The Morgan fingerprint density at radius 2 is 1.41 bits per heavy atom. The fourth-order valence-electron chi connectivity index (χ4n) is 4.22. The normalized spacial score (nSPS) is 13.9. The van der Waals surface area contributed by atoms with Gasteiger partial charge in [0.2, 0.25) is 0 Å². The van der Waals surface area contributed by atoms with E-state index in [1.54, 1.807) is 13.8 Å². The van der Waals surface area contributed by atoms with Crippen LogP contribution < -0.4 is 0 Å². The lowest BCUT2D eigenvalue weighted by Gasteiger charge is -2.33. The van der Waals surface area contributed by atoms with Gasteiger partial charge in [-0.3, -0.25) is 0 Å². The first-order chi connectivity index (χ1) is 13.6. The van der Waals surface area contributed by atoms with E-state index in [0.717, 1.165) is 24.0 Å². The van der Waals surface area contributed by atoms with Crippen molar-refractivity contribution in [3.05, 3.63) is 106 Å². The van der Waals surface area contributed by atoms with Crippen molar-refractivity contribution in [2.24, 2.45) is 0 Å². The Morgan fingerprint density at radius 3 is 2.03 bits per heavy atom. The number of aryl methyl sites for hydroxylation is 3. The van der Waals surface area contributed by atoms with E-state index in [9.17, 15) is 4.39 Å². The number of hydrogen-bond acceptors (Lipinski definition) is 0. The van der Waals surface area contributed by atoms with Gasteiger partial charge in [-0.25, -0.2) is 4.39 Å². The van der Waals surface area contributed by atoms with Gasteiger partial charge < -0.3 is 0 Å². The highest BCUT2D eigenvalue weighted by atomic mass is 19.1. The van der Waals surface area contributed by atoms with Gasteiger partial charge in [0.15, 0.2) is 0 Å². The molecule has 1 atom stereocenters. The van der Waals surface area contributed by atoms with E-state index in [0.29, 0.717) is 0 Å². The second kappa shape index (κ2) is 8.14. The molecule has 0 amide bonds. The molecule has 0 aromatic heterocycles. The highest BCUT2D eigenvalue weighted by Gasteiger charge is 2.32. The van der Waals surface area contributed by atoms with Crippen LogP contribution in [-0.2, 0) is 23.9 Å². The molecule has 1 heteroatoms. The smallest absolute Gasteiger partial charge is 0.130 e. The van der Waals surface area contributed by atoms with Crippen LogP contribution in [0, 0.1) is 13.8 Å². The molecule has 0 nitrogen and oxygen atoms in total. The first kappa shape index (κ1) is 21.3. The van der Waals surface area contributed by atoms with Crippen LogP contribution in [0.4, 0.5) is 4.39 Å². The van der Waals surface area contributed by atoms with Gasteiger partial charge in [-0.15, -0.1) is 0 Å². The maximum atomic E-state index is 14.9. The van der Waals surface area contributed by atoms with Gasteiger partial charge in [-0.05, 0) is 73.9 Å². The van der Waals surface area contributed by atoms with Gasteiger partial charge >= 0.3 is 0 Å². The summed E-state index contributed by atoms with van der Waals surface area (Å²) in [7, 11) is 0. The molecular formula is C28H33F. The molecule has 29 heavy (non-hydrogen) atoms. The Balaban J connectivity index is 2.22. The van der Waals surface area contributed by atoms with Crippen molar-refractivity contribution in [1.82, 2.24) is 0 Å². The van der Waals surface area contributed by atoms with Crippen molar-refractivity contribution < 1.29 is 4.39 Å². The summed E-state index contributed by atoms with van der Waals surface area (Å²) in [6.07, 6.45) is 1.88. The van der Waals surface area contributed by atoms with Gasteiger partial charge in [-0.2, -0.15) is 0 Å². The number of halogens is 1. The lowest BCUT2D eigenvalue weighted by atomic mass is 9.70. The Kier molecular flexibility index (Phi) is 5.98. The summed E-state index contributed by atoms with van der Waals surface area (Å²) in [4.78, 5) is 0. The molecule has 0 fully saturated rings. The van der Waals surface area contributed by atoms with Crippen LogP contribution in [0.15, 0.2) is 66.7 Å². The SMILES string of the molecule is CCc1cc([C@](C)(Cc2ccccc2)c2cc(C)cc(C(C)(C)F)c2)ccc1C. The second-order valence-corrected chi connectivity index (χ2v) is 9.05. The molecular weight excluding hydrogens is 355 g/mol. The van der Waals surface area contributed by atoms with Crippen LogP contribution in [0.2, 0.25) is 0 Å². The van der Waals surface area contributed by atoms with Crippen molar-refractivity contribution in [3.8, 4) is 0 Å². The van der Waals surface area contributed by atoms with Crippen molar-refractivity contribution in [1.29, 1.82) is 0 Å². The van der Waals surface area contributed by atoms with Crippen molar-refractivity contribution in [2.45, 2.75) is 65.5 Å². The minimum absolute atomic E-state index is 0.245. The van der Waals surface area contributed by atoms with E-state index in [1.807, 2.05) is 6.07 Å². The molecule has 0 saturated carbocycles. The maximum absolute atomic E-state index is 14.9. The maximum Gasteiger partial charge on any atom is 0.130 e. The van der Waals surface area contributed by atoms with Crippen LogP contribution in [-0.4, -0.2) is 0 Å². The van der Waals surface area contributed by atoms with Gasteiger partial charge in [0, 0.05) is 5.41 Å². The second-order valence-electron chi connectivity index (χ2n) is 9.05. The standard InChI is InChI=1S/C28H33F/c1-7-23-17-24(14-13-21(23)3)28(6,19-22-11-9-8-10-12-22)26-16-20(2)15-25(18-26)27(4,5)29/h8-18H,7,19H2,1-6H3/t28-/m0/s1. The van der Waals surface area contributed by atoms with Gasteiger partial charge in [-0.1, -0.05) is 86.1 Å². The Labute approximate surface area is 175 Å². The molecule has 0 heterocycles. The molecule has 0 aliphatic rings. The fourth-order valence-corrected chi connectivity index (χ4v) is 4.22. The van der Waals surface area contributed by atoms with E-state index < -0.39 is 5.67 Å². The van der Waals surface area contributed by atoms with Crippen LogP contribution >= 0.6 is 0 Å². The molecule has 0 bridgehead atoms. The van der Waals surface area contributed by atoms with Crippen LogP contribution in [0.25, 0.3) is 0 Å². The monoisotopic (exact) mass is 388 g/mol. The number of benzene rings is 3. The minimum Gasteiger partial charge on any atom is -0.239 e. The molecule has 0 radical (unpaired) electrons. The highest BCUT2D eigenvalue weighted by Crippen LogP contribution is 2.39. The average Bonchev–Trinajstić information content (AvgIpc) is 2.68. The lowest BCUT2D eigenvalue weighted by Crippen LogP contribution is -2.28. The summed E-state index contributed by atoms with van der Waals surface area (Å²) in [5.41, 5.74) is 6.69. The van der Waals surface area contributed by atoms with Crippen molar-refractivity contribution in [2.75, 3.05) is 0 Å². The quantitative estimate of drug-likeness (QED) is 0.407. The molecule has 0 N–H and O–H groups in total. The molecule has 152 valence electrons. The molecule has 0 aliphatic carbocycles. The lowest BCUT2D eigenvalue weighted by molar-refractivity contribution is 0.221. The molecule has 0 saturated heterocycles.